The Labute approximate surface area is 126 Å². The van der Waals surface area contributed by atoms with Crippen molar-refractivity contribution in [1.82, 2.24) is 5.32 Å². The molecule has 0 aliphatic heterocycles. The van der Waals surface area contributed by atoms with Crippen LogP contribution in [-0.4, -0.2) is 6.04 Å². The zero-order valence-corrected chi connectivity index (χ0v) is 12.6. The Bertz CT molecular complexity index is 624. The van der Waals surface area contributed by atoms with E-state index < -0.39 is 0 Å². The van der Waals surface area contributed by atoms with Gasteiger partial charge in [0, 0.05) is 24.1 Å². The van der Waals surface area contributed by atoms with Crippen molar-refractivity contribution in [3.05, 3.63) is 59.0 Å². The fraction of sp³-hybridized carbons (Fsp3) is 0.474. The molecule has 4 rings (SSSR count). The summed E-state index contributed by atoms with van der Waals surface area (Å²) in [5, 5.41) is 3.86. The van der Waals surface area contributed by atoms with E-state index in [4.69, 9.17) is 4.42 Å². The van der Waals surface area contributed by atoms with Gasteiger partial charge in [-0.25, -0.2) is 0 Å². The van der Waals surface area contributed by atoms with E-state index in [-0.39, 0.29) is 0 Å². The third-order valence-corrected chi connectivity index (χ3v) is 5.26. The molecule has 0 radical (unpaired) electrons. The molecule has 1 heterocycles. The van der Waals surface area contributed by atoms with E-state index >= 15 is 0 Å². The van der Waals surface area contributed by atoms with Crippen molar-refractivity contribution >= 4 is 0 Å². The van der Waals surface area contributed by atoms with Crippen molar-refractivity contribution in [2.75, 3.05) is 0 Å². The molecule has 2 heteroatoms. The predicted molar refractivity (Wildman–Crippen MR) is 84.5 cm³/mol. The minimum Gasteiger partial charge on any atom is -0.469 e. The summed E-state index contributed by atoms with van der Waals surface area (Å²) in [7, 11) is 0. The Morgan fingerprint density at radius 2 is 1.95 bits per heavy atom. The lowest BCUT2D eigenvalue weighted by molar-refractivity contribution is 0.251. The molecule has 2 aliphatic rings. The Balaban J connectivity index is 1.39. The van der Waals surface area contributed by atoms with Crippen molar-refractivity contribution < 1.29 is 4.42 Å². The SMILES string of the molecule is Cc1ccccc1C1CC(NC2CCCc3occc32)C1. The van der Waals surface area contributed by atoms with Gasteiger partial charge in [-0.05, 0) is 55.7 Å². The molecule has 110 valence electrons. The van der Waals surface area contributed by atoms with Gasteiger partial charge < -0.3 is 9.73 Å². The molecule has 1 saturated carbocycles. The maximum atomic E-state index is 5.59. The second kappa shape index (κ2) is 5.34. The molecule has 0 saturated heterocycles. The van der Waals surface area contributed by atoms with Crippen LogP contribution in [-0.2, 0) is 6.42 Å². The zero-order chi connectivity index (χ0) is 14.2. The Hall–Kier alpha value is -1.54. The van der Waals surface area contributed by atoms with Crippen LogP contribution >= 0.6 is 0 Å². The highest BCUT2D eigenvalue weighted by molar-refractivity contribution is 5.31. The Morgan fingerprint density at radius 3 is 2.81 bits per heavy atom. The minimum atomic E-state index is 0.510. The number of benzene rings is 1. The molecule has 1 unspecified atom stereocenters. The molecule has 1 atom stereocenters. The van der Waals surface area contributed by atoms with Crippen molar-refractivity contribution in [1.29, 1.82) is 0 Å². The predicted octanol–water partition coefficient (Wildman–Crippen LogP) is 4.50. The highest BCUT2D eigenvalue weighted by Crippen LogP contribution is 2.40. The van der Waals surface area contributed by atoms with Gasteiger partial charge in [0.25, 0.3) is 0 Å². The van der Waals surface area contributed by atoms with Crippen LogP contribution in [0.25, 0.3) is 0 Å². The molecule has 1 aromatic carbocycles. The van der Waals surface area contributed by atoms with Crippen molar-refractivity contribution in [2.24, 2.45) is 0 Å². The highest BCUT2D eigenvalue weighted by atomic mass is 16.3. The standard InChI is InChI=1S/C19H23NO/c1-13-5-2-3-6-16(13)14-11-15(12-14)20-18-7-4-8-19-17(18)9-10-21-19/h2-3,5-6,9-10,14-15,18,20H,4,7-8,11-12H2,1H3. The topological polar surface area (TPSA) is 25.2 Å². The minimum absolute atomic E-state index is 0.510. The van der Waals surface area contributed by atoms with E-state index in [0.717, 1.165) is 12.3 Å². The number of furan rings is 1. The number of hydrogen-bond donors (Lipinski definition) is 1. The molecule has 1 fully saturated rings. The van der Waals surface area contributed by atoms with Crippen LogP contribution in [0.3, 0.4) is 0 Å². The number of hydrogen-bond acceptors (Lipinski definition) is 2. The zero-order valence-electron chi connectivity index (χ0n) is 12.6. The Kier molecular flexibility index (Phi) is 3.34. The molecule has 2 aliphatic carbocycles. The fourth-order valence-electron chi connectivity index (χ4n) is 4.00. The molecular weight excluding hydrogens is 258 g/mol. The smallest absolute Gasteiger partial charge is 0.108 e. The summed E-state index contributed by atoms with van der Waals surface area (Å²) in [5.41, 5.74) is 4.39. The van der Waals surface area contributed by atoms with Gasteiger partial charge in [0.05, 0.1) is 6.26 Å². The maximum Gasteiger partial charge on any atom is 0.108 e. The van der Waals surface area contributed by atoms with Crippen molar-refractivity contribution in [3.8, 4) is 0 Å². The second-order valence-electron chi connectivity index (χ2n) is 6.63. The summed E-state index contributed by atoms with van der Waals surface area (Å²) in [4.78, 5) is 0. The molecule has 2 aromatic rings. The number of nitrogens with one attached hydrogen (secondary N) is 1. The summed E-state index contributed by atoms with van der Waals surface area (Å²) in [6, 6.07) is 12.2. The molecule has 0 amide bonds. The van der Waals surface area contributed by atoms with Gasteiger partial charge in [0.2, 0.25) is 0 Å². The van der Waals surface area contributed by atoms with Gasteiger partial charge in [0.1, 0.15) is 5.76 Å². The lowest BCUT2D eigenvalue weighted by Gasteiger charge is -2.40. The highest BCUT2D eigenvalue weighted by Gasteiger charge is 2.34. The first kappa shape index (κ1) is 13.1. The molecular formula is C19H23NO. The summed E-state index contributed by atoms with van der Waals surface area (Å²) in [6.07, 6.45) is 7.99. The van der Waals surface area contributed by atoms with Crippen LogP contribution in [0.5, 0.6) is 0 Å². The summed E-state index contributed by atoms with van der Waals surface area (Å²) >= 11 is 0. The fourth-order valence-corrected chi connectivity index (χ4v) is 4.00. The van der Waals surface area contributed by atoms with Crippen LogP contribution in [0.15, 0.2) is 41.0 Å². The molecule has 0 bridgehead atoms. The van der Waals surface area contributed by atoms with E-state index in [1.165, 1.54) is 42.6 Å². The third-order valence-electron chi connectivity index (χ3n) is 5.26. The van der Waals surface area contributed by atoms with E-state index in [1.807, 2.05) is 6.26 Å². The van der Waals surface area contributed by atoms with Gasteiger partial charge in [-0.15, -0.1) is 0 Å². The summed E-state index contributed by atoms with van der Waals surface area (Å²) < 4.78 is 5.59. The van der Waals surface area contributed by atoms with E-state index in [1.54, 1.807) is 5.56 Å². The largest absolute Gasteiger partial charge is 0.469 e. The van der Waals surface area contributed by atoms with E-state index in [9.17, 15) is 0 Å². The van der Waals surface area contributed by atoms with E-state index in [0.29, 0.717) is 12.1 Å². The number of fused-ring (bicyclic) bond motifs is 1. The molecule has 1 N–H and O–H groups in total. The lowest BCUT2D eigenvalue weighted by Crippen LogP contribution is -2.42. The molecule has 2 nitrogen and oxygen atoms in total. The van der Waals surface area contributed by atoms with Gasteiger partial charge in [-0.3, -0.25) is 0 Å². The van der Waals surface area contributed by atoms with Gasteiger partial charge in [0.15, 0.2) is 0 Å². The monoisotopic (exact) mass is 281 g/mol. The van der Waals surface area contributed by atoms with Crippen molar-refractivity contribution in [2.45, 2.75) is 57.0 Å². The average molecular weight is 281 g/mol. The Morgan fingerprint density at radius 1 is 1.10 bits per heavy atom. The van der Waals surface area contributed by atoms with Gasteiger partial charge in [-0.1, -0.05) is 24.3 Å². The quantitative estimate of drug-likeness (QED) is 0.896. The van der Waals surface area contributed by atoms with Crippen LogP contribution in [0, 0.1) is 6.92 Å². The third kappa shape index (κ3) is 2.42. The van der Waals surface area contributed by atoms with Crippen LogP contribution in [0.4, 0.5) is 0 Å². The molecule has 21 heavy (non-hydrogen) atoms. The van der Waals surface area contributed by atoms with Gasteiger partial charge in [-0.2, -0.15) is 0 Å². The van der Waals surface area contributed by atoms with Crippen LogP contribution in [0.1, 0.15) is 60.1 Å². The lowest BCUT2D eigenvalue weighted by atomic mass is 9.74. The van der Waals surface area contributed by atoms with E-state index in [2.05, 4.69) is 42.6 Å². The normalized spacial score (nSPS) is 28.0. The van der Waals surface area contributed by atoms with Gasteiger partial charge >= 0.3 is 0 Å². The second-order valence-corrected chi connectivity index (χ2v) is 6.63. The molecule has 1 aromatic heterocycles. The first-order valence-electron chi connectivity index (χ1n) is 8.19. The first-order chi connectivity index (χ1) is 10.3. The number of rotatable bonds is 3. The molecule has 0 spiro atoms. The maximum absolute atomic E-state index is 5.59. The first-order valence-corrected chi connectivity index (χ1v) is 8.19. The number of aryl methyl sites for hydroxylation is 2. The average Bonchev–Trinajstić information content (AvgIpc) is 2.93. The van der Waals surface area contributed by atoms with Crippen LogP contribution in [0.2, 0.25) is 0 Å². The van der Waals surface area contributed by atoms with Crippen molar-refractivity contribution in [3.63, 3.8) is 0 Å². The summed E-state index contributed by atoms with van der Waals surface area (Å²) in [6.45, 7) is 2.23. The van der Waals surface area contributed by atoms with Crippen LogP contribution < -0.4 is 5.32 Å². The summed E-state index contributed by atoms with van der Waals surface area (Å²) in [5.74, 6) is 1.95.